The van der Waals surface area contributed by atoms with E-state index in [1.807, 2.05) is 0 Å². The van der Waals surface area contributed by atoms with Gasteiger partial charge in [-0.15, -0.1) is 0 Å². The Bertz CT molecular complexity index is 307. The van der Waals surface area contributed by atoms with Gasteiger partial charge < -0.3 is 11.1 Å². The second kappa shape index (κ2) is 5.16. The first-order chi connectivity index (χ1) is 6.99. The number of hydrogen-bond donors (Lipinski definition) is 2. The number of nitrogens with one attached hydrogen (secondary N) is 1. The summed E-state index contributed by atoms with van der Waals surface area (Å²) in [5.41, 5.74) is 5.48. The maximum absolute atomic E-state index is 5.76. The summed E-state index contributed by atoms with van der Waals surface area (Å²) in [6.45, 7) is 7.41. The molecule has 0 aromatic carbocycles. The number of nitrogen functional groups attached to an aromatic ring is 1. The monoisotopic (exact) mass is 228 g/mol. The Labute approximate surface area is 95.3 Å². The van der Waals surface area contributed by atoms with Crippen LogP contribution in [0.1, 0.15) is 20.8 Å². The summed E-state index contributed by atoms with van der Waals surface area (Å²) in [5, 5.41) is 3.56. The van der Waals surface area contributed by atoms with Crippen LogP contribution >= 0.6 is 11.6 Å². The predicted molar refractivity (Wildman–Crippen MR) is 63.9 cm³/mol. The van der Waals surface area contributed by atoms with Crippen molar-refractivity contribution < 1.29 is 0 Å². The van der Waals surface area contributed by atoms with Crippen molar-refractivity contribution in [3.8, 4) is 0 Å². The molecule has 0 saturated carbocycles. The fourth-order valence-corrected chi connectivity index (χ4v) is 1.22. The van der Waals surface area contributed by atoms with Gasteiger partial charge in [-0.1, -0.05) is 32.4 Å². The first-order valence-electron chi connectivity index (χ1n) is 5.03. The van der Waals surface area contributed by atoms with Crippen LogP contribution in [0.15, 0.2) is 6.07 Å². The van der Waals surface area contributed by atoms with Crippen LogP contribution in [0, 0.1) is 11.8 Å². The van der Waals surface area contributed by atoms with E-state index in [4.69, 9.17) is 17.3 Å². The van der Waals surface area contributed by atoms with Gasteiger partial charge in [-0.05, 0) is 11.8 Å². The van der Waals surface area contributed by atoms with E-state index >= 15 is 0 Å². The van der Waals surface area contributed by atoms with E-state index in [2.05, 4.69) is 36.1 Å². The molecule has 0 aliphatic rings. The molecule has 1 rings (SSSR count). The lowest BCUT2D eigenvalue weighted by Gasteiger charge is -2.16. The van der Waals surface area contributed by atoms with Crippen molar-refractivity contribution in [1.82, 2.24) is 9.97 Å². The van der Waals surface area contributed by atoms with Crippen LogP contribution in [-0.4, -0.2) is 16.5 Å². The fourth-order valence-electron chi connectivity index (χ4n) is 1.03. The average molecular weight is 229 g/mol. The molecule has 1 heterocycles. The van der Waals surface area contributed by atoms with Crippen LogP contribution in [0.3, 0.4) is 0 Å². The number of rotatable bonds is 4. The minimum absolute atomic E-state index is 0.196. The molecular formula is C10H17ClN4. The predicted octanol–water partition coefficient (Wildman–Crippen LogP) is 2.42. The number of nitrogens with two attached hydrogens (primary N) is 1. The van der Waals surface area contributed by atoms with E-state index in [1.54, 1.807) is 6.07 Å². The van der Waals surface area contributed by atoms with E-state index in [0.717, 1.165) is 6.54 Å². The standard InChI is InChI=1S/C10H17ClN4/c1-6(2)7(3)5-13-9-4-8(11)14-10(12)15-9/h4,6-7H,5H2,1-3H3,(H3,12,13,14,15). The van der Waals surface area contributed by atoms with Gasteiger partial charge in [-0.3, -0.25) is 0 Å². The highest BCUT2D eigenvalue weighted by molar-refractivity contribution is 6.29. The van der Waals surface area contributed by atoms with Crippen LogP contribution in [0.2, 0.25) is 5.15 Å². The Morgan fingerprint density at radius 2 is 2.07 bits per heavy atom. The molecule has 0 aliphatic heterocycles. The molecule has 1 aromatic rings. The first-order valence-corrected chi connectivity index (χ1v) is 5.40. The van der Waals surface area contributed by atoms with Crippen molar-refractivity contribution in [2.24, 2.45) is 11.8 Å². The first kappa shape index (κ1) is 12.0. The topological polar surface area (TPSA) is 63.8 Å². The lowest BCUT2D eigenvalue weighted by Crippen LogP contribution is -2.17. The number of halogens is 1. The SMILES string of the molecule is CC(C)C(C)CNc1cc(Cl)nc(N)n1. The molecule has 0 saturated heterocycles. The molecule has 1 atom stereocenters. The van der Waals surface area contributed by atoms with Crippen molar-refractivity contribution in [3.05, 3.63) is 11.2 Å². The van der Waals surface area contributed by atoms with Crippen molar-refractivity contribution in [1.29, 1.82) is 0 Å². The molecule has 84 valence electrons. The van der Waals surface area contributed by atoms with E-state index in [1.165, 1.54) is 0 Å². The van der Waals surface area contributed by atoms with Crippen molar-refractivity contribution >= 4 is 23.4 Å². The third-order valence-electron chi connectivity index (χ3n) is 2.46. The number of aromatic nitrogens is 2. The molecule has 0 fully saturated rings. The third-order valence-corrected chi connectivity index (χ3v) is 2.65. The molecule has 0 spiro atoms. The molecule has 4 nitrogen and oxygen atoms in total. The molecule has 0 amide bonds. The molecule has 5 heteroatoms. The van der Waals surface area contributed by atoms with Gasteiger partial charge in [-0.25, -0.2) is 4.98 Å². The van der Waals surface area contributed by atoms with Gasteiger partial charge >= 0.3 is 0 Å². The summed E-state index contributed by atoms with van der Waals surface area (Å²) in [6.07, 6.45) is 0. The molecular weight excluding hydrogens is 212 g/mol. The van der Waals surface area contributed by atoms with Gasteiger partial charge in [0.05, 0.1) is 0 Å². The smallest absolute Gasteiger partial charge is 0.223 e. The molecule has 0 radical (unpaired) electrons. The number of anilines is 2. The molecule has 0 aliphatic carbocycles. The second-order valence-corrected chi connectivity index (χ2v) is 4.42. The minimum atomic E-state index is 0.196. The molecule has 0 bridgehead atoms. The highest BCUT2D eigenvalue weighted by Gasteiger charge is 2.07. The highest BCUT2D eigenvalue weighted by Crippen LogP contribution is 2.14. The second-order valence-electron chi connectivity index (χ2n) is 4.04. The van der Waals surface area contributed by atoms with Crippen LogP contribution < -0.4 is 11.1 Å². The maximum atomic E-state index is 5.76. The largest absolute Gasteiger partial charge is 0.370 e. The van der Waals surface area contributed by atoms with E-state index in [-0.39, 0.29) is 5.95 Å². The summed E-state index contributed by atoms with van der Waals surface area (Å²) in [5.74, 6) is 2.08. The van der Waals surface area contributed by atoms with Gasteiger partial charge in [0, 0.05) is 12.6 Å². The van der Waals surface area contributed by atoms with Gasteiger partial charge in [0.15, 0.2) is 0 Å². The summed E-state index contributed by atoms with van der Waals surface area (Å²) in [6, 6.07) is 1.67. The Hall–Kier alpha value is -1.03. The number of nitrogens with zero attached hydrogens (tertiary/aromatic N) is 2. The summed E-state index contributed by atoms with van der Waals surface area (Å²) in [4.78, 5) is 7.82. The van der Waals surface area contributed by atoms with Crippen LogP contribution in [-0.2, 0) is 0 Å². The Morgan fingerprint density at radius 1 is 1.40 bits per heavy atom. The fraction of sp³-hybridized carbons (Fsp3) is 0.600. The van der Waals surface area contributed by atoms with Gasteiger partial charge in [0.1, 0.15) is 11.0 Å². The highest BCUT2D eigenvalue weighted by atomic mass is 35.5. The van der Waals surface area contributed by atoms with Gasteiger partial charge in [0.25, 0.3) is 0 Å². The normalized spacial score (nSPS) is 12.9. The maximum Gasteiger partial charge on any atom is 0.223 e. The van der Waals surface area contributed by atoms with Crippen LogP contribution in [0.25, 0.3) is 0 Å². The zero-order valence-corrected chi connectivity index (χ0v) is 10.0. The van der Waals surface area contributed by atoms with E-state index in [9.17, 15) is 0 Å². The minimum Gasteiger partial charge on any atom is -0.370 e. The van der Waals surface area contributed by atoms with Crippen LogP contribution in [0.5, 0.6) is 0 Å². The zero-order chi connectivity index (χ0) is 11.4. The van der Waals surface area contributed by atoms with Gasteiger partial charge in [-0.2, -0.15) is 4.98 Å². The Balaban J connectivity index is 2.57. The van der Waals surface area contributed by atoms with Crippen LogP contribution in [0.4, 0.5) is 11.8 Å². The van der Waals surface area contributed by atoms with Gasteiger partial charge in [0.2, 0.25) is 5.95 Å². The lowest BCUT2D eigenvalue weighted by atomic mass is 9.98. The molecule has 3 N–H and O–H groups in total. The summed E-state index contributed by atoms with van der Waals surface area (Å²) >= 11 is 5.76. The molecule has 15 heavy (non-hydrogen) atoms. The van der Waals surface area contributed by atoms with Crippen molar-refractivity contribution in [3.63, 3.8) is 0 Å². The number of hydrogen-bond acceptors (Lipinski definition) is 4. The Morgan fingerprint density at radius 3 is 2.60 bits per heavy atom. The average Bonchev–Trinajstić information content (AvgIpc) is 2.12. The molecule has 1 aromatic heterocycles. The molecule has 1 unspecified atom stereocenters. The van der Waals surface area contributed by atoms with Crippen molar-refractivity contribution in [2.75, 3.05) is 17.6 Å². The quantitative estimate of drug-likeness (QED) is 0.777. The van der Waals surface area contributed by atoms with Crippen molar-refractivity contribution in [2.45, 2.75) is 20.8 Å². The van der Waals surface area contributed by atoms with E-state index < -0.39 is 0 Å². The Kier molecular flexibility index (Phi) is 4.15. The van der Waals surface area contributed by atoms with E-state index in [0.29, 0.717) is 22.8 Å². The summed E-state index contributed by atoms with van der Waals surface area (Å²) < 4.78 is 0. The summed E-state index contributed by atoms with van der Waals surface area (Å²) in [7, 11) is 0. The lowest BCUT2D eigenvalue weighted by molar-refractivity contribution is 0.439. The zero-order valence-electron chi connectivity index (χ0n) is 9.29. The third kappa shape index (κ3) is 3.91.